The molecule has 5 rings (SSSR count). The van der Waals surface area contributed by atoms with Crippen molar-refractivity contribution in [3.05, 3.63) is 72.2 Å². The summed E-state index contributed by atoms with van der Waals surface area (Å²) in [5.41, 5.74) is 3.52. The lowest BCUT2D eigenvalue weighted by Crippen LogP contribution is -2.04. The number of nitriles is 1. The molecule has 0 bridgehead atoms. The van der Waals surface area contributed by atoms with Gasteiger partial charge in [0, 0.05) is 17.8 Å². The van der Waals surface area contributed by atoms with Gasteiger partial charge < -0.3 is 5.32 Å². The topological polar surface area (TPSA) is 118 Å². The lowest BCUT2D eigenvalue weighted by Gasteiger charge is -2.06. The normalized spacial score (nSPS) is 10.9. The van der Waals surface area contributed by atoms with Gasteiger partial charge in [0.05, 0.1) is 29.9 Å². The van der Waals surface area contributed by atoms with E-state index in [1.165, 1.54) is 0 Å². The molecule has 1 N–H and O–H groups in total. The SMILES string of the molecule is N#Cc1ccnc(Nc2cnc3nnn(Cc4ccc5ncccc5c4)c3n2)c1. The lowest BCUT2D eigenvalue weighted by atomic mass is 10.1. The molecule has 0 amide bonds. The van der Waals surface area contributed by atoms with Crippen molar-refractivity contribution < 1.29 is 0 Å². The Morgan fingerprint density at radius 3 is 2.90 bits per heavy atom. The predicted octanol–water partition coefficient (Wildman–Crippen LogP) is 2.83. The molecule has 0 saturated carbocycles. The van der Waals surface area contributed by atoms with E-state index in [0.29, 0.717) is 35.0 Å². The van der Waals surface area contributed by atoms with Gasteiger partial charge in [0.2, 0.25) is 5.65 Å². The third-order valence-corrected chi connectivity index (χ3v) is 4.37. The third-order valence-electron chi connectivity index (χ3n) is 4.37. The fraction of sp³-hybridized carbons (Fsp3) is 0.0500. The van der Waals surface area contributed by atoms with Crippen molar-refractivity contribution in [2.45, 2.75) is 6.54 Å². The number of aromatic nitrogens is 7. The number of benzene rings is 1. The highest BCUT2D eigenvalue weighted by Crippen LogP contribution is 2.18. The van der Waals surface area contributed by atoms with Crippen LogP contribution in [0, 0.1) is 11.3 Å². The predicted molar refractivity (Wildman–Crippen MR) is 106 cm³/mol. The Morgan fingerprint density at radius 2 is 1.97 bits per heavy atom. The van der Waals surface area contributed by atoms with Crippen molar-refractivity contribution in [1.82, 2.24) is 34.9 Å². The molecule has 4 heterocycles. The highest BCUT2D eigenvalue weighted by atomic mass is 15.5. The van der Waals surface area contributed by atoms with Gasteiger partial charge in [-0.05, 0) is 35.9 Å². The minimum absolute atomic E-state index is 0.455. The molecular formula is C20H13N9. The maximum atomic E-state index is 9.03. The van der Waals surface area contributed by atoms with Crippen LogP contribution in [0.1, 0.15) is 11.1 Å². The molecule has 9 nitrogen and oxygen atoms in total. The van der Waals surface area contributed by atoms with Crippen LogP contribution in [0.2, 0.25) is 0 Å². The Kier molecular flexibility index (Phi) is 4.00. The summed E-state index contributed by atoms with van der Waals surface area (Å²) in [6.45, 7) is 0.502. The molecule has 0 unspecified atom stereocenters. The van der Waals surface area contributed by atoms with Gasteiger partial charge in [0.15, 0.2) is 11.5 Å². The van der Waals surface area contributed by atoms with Gasteiger partial charge in [-0.1, -0.05) is 17.3 Å². The molecule has 0 fully saturated rings. The van der Waals surface area contributed by atoms with Gasteiger partial charge in [-0.25, -0.2) is 19.6 Å². The minimum atomic E-state index is 0.455. The number of fused-ring (bicyclic) bond motifs is 2. The quantitative estimate of drug-likeness (QED) is 0.506. The van der Waals surface area contributed by atoms with Crippen LogP contribution in [0.4, 0.5) is 11.6 Å². The average Bonchev–Trinajstić information content (AvgIpc) is 3.16. The second-order valence-corrected chi connectivity index (χ2v) is 6.35. The molecule has 5 aromatic rings. The second-order valence-electron chi connectivity index (χ2n) is 6.35. The van der Waals surface area contributed by atoms with Crippen molar-refractivity contribution in [2.75, 3.05) is 5.32 Å². The first-order chi connectivity index (χ1) is 14.3. The molecule has 0 saturated heterocycles. The smallest absolute Gasteiger partial charge is 0.221 e. The molecule has 0 aliphatic rings. The van der Waals surface area contributed by atoms with Gasteiger partial charge in [0.25, 0.3) is 0 Å². The molecule has 138 valence electrons. The largest absolute Gasteiger partial charge is 0.324 e. The van der Waals surface area contributed by atoms with E-state index in [4.69, 9.17) is 5.26 Å². The number of hydrogen-bond donors (Lipinski definition) is 1. The minimum Gasteiger partial charge on any atom is -0.324 e. The van der Waals surface area contributed by atoms with Crippen LogP contribution in [0.5, 0.6) is 0 Å². The maximum absolute atomic E-state index is 9.03. The fourth-order valence-electron chi connectivity index (χ4n) is 3.02. The Labute approximate surface area is 164 Å². The molecule has 0 spiro atoms. The first-order valence-electron chi connectivity index (χ1n) is 8.81. The molecule has 1 aromatic carbocycles. The fourth-order valence-corrected chi connectivity index (χ4v) is 3.02. The first-order valence-corrected chi connectivity index (χ1v) is 8.81. The van der Waals surface area contributed by atoms with Crippen molar-refractivity contribution in [3.63, 3.8) is 0 Å². The number of hydrogen-bond acceptors (Lipinski definition) is 8. The lowest BCUT2D eigenvalue weighted by molar-refractivity contribution is 0.664. The Balaban J connectivity index is 1.46. The summed E-state index contributed by atoms with van der Waals surface area (Å²) in [4.78, 5) is 17.4. The summed E-state index contributed by atoms with van der Waals surface area (Å²) in [5.74, 6) is 1.00. The van der Waals surface area contributed by atoms with Crippen LogP contribution in [-0.4, -0.2) is 34.9 Å². The van der Waals surface area contributed by atoms with Crippen LogP contribution in [0.25, 0.3) is 22.2 Å². The van der Waals surface area contributed by atoms with E-state index < -0.39 is 0 Å². The molecular weight excluding hydrogens is 366 g/mol. The summed E-state index contributed by atoms with van der Waals surface area (Å²) in [6, 6.07) is 15.4. The Morgan fingerprint density at radius 1 is 1.00 bits per heavy atom. The van der Waals surface area contributed by atoms with E-state index in [9.17, 15) is 0 Å². The summed E-state index contributed by atoms with van der Waals surface area (Å²) >= 11 is 0. The maximum Gasteiger partial charge on any atom is 0.221 e. The summed E-state index contributed by atoms with van der Waals surface area (Å²) in [7, 11) is 0. The van der Waals surface area contributed by atoms with Crippen LogP contribution >= 0.6 is 0 Å². The van der Waals surface area contributed by atoms with Crippen molar-refractivity contribution in [1.29, 1.82) is 5.26 Å². The van der Waals surface area contributed by atoms with E-state index >= 15 is 0 Å². The molecule has 0 aliphatic carbocycles. The van der Waals surface area contributed by atoms with Gasteiger partial charge in [-0.15, -0.1) is 5.10 Å². The highest BCUT2D eigenvalue weighted by molar-refractivity contribution is 5.79. The number of pyridine rings is 2. The zero-order chi connectivity index (χ0) is 19.6. The standard InChI is InChI=1S/C20H13N9/c21-10-13-5-7-23-17(9-13)25-18-11-24-19-20(26-18)29(28-27-19)12-14-3-4-16-15(8-14)2-1-6-22-16/h1-9,11H,12H2,(H,23,25,26). The monoisotopic (exact) mass is 379 g/mol. The van der Waals surface area contributed by atoms with E-state index in [2.05, 4.69) is 47.7 Å². The van der Waals surface area contributed by atoms with Crippen LogP contribution in [0.3, 0.4) is 0 Å². The average molecular weight is 379 g/mol. The van der Waals surface area contributed by atoms with E-state index in [-0.39, 0.29) is 0 Å². The number of nitrogens with one attached hydrogen (secondary N) is 1. The number of nitrogens with zero attached hydrogens (tertiary/aromatic N) is 8. The Bertz CT molecular complexity index is 1380. The third kappa shape index (κ3) is 3.30. The molecule has 4 aromatic heterocycles. The summed E-state index contributed by atoms with van der Waals surface area (Å²) < 4.78 is 1.70. The van der Waals surface area contributed by atoms with E-state index in [0.717, 1.165) is 16.5 Å². The molecule has 0 radical (unpaired) electrons. The van der Waals surface area contributed by atoms with Gasteiger partial charge in [-0.2, -0.15) is 5.26 Å². The summed E-state index contributed by atoms with van der Waals surface area (Å²) in [6.07, 6.45) is 4.90. The molecule has 29 heavy (non-hydrogen) atoms. The van der Waals surface area contributed by atoms with Crippen molar-refractivity contribution in [3.8, 4) is 6.07 Å². The first kappa shape index (κ1) is 16.7. The summed E-state index contributed by atoms with van der Waals surface area (Å²) in [5, 5.41) is 21.4. The zero-order valence-corrected chi connectivity index (χ0v) is 15.1. The molecule has 9 heteroatoms. The van der Waals surface area contributed by atoms with Crippen LogP contribution < -0.4 is 5.32 Å². The highest BCUT2D eigenvalue weighted by Gasteiger charge is 2.10. The van der Waals surface area contributed by atoms with Crippen molar-refractivity contribution >= 4 is 33.8 Å². The van der Waals surface area contributed by atoms with Gasteiger partial charge >= 0.3 is 0 Å². The van der Waals surface area contributed by atoms with Gasteiger partial charge in [-0.3, -0.25) is 4.98 Å². The van der Waals surface area contributed by atoms with Gasteiger partial charge in [0.1, 0.15) is 5.82 Å². The molecule has 0 atom stereocenters. The Hall–Kier alpha value is -4.45. The van der Waals surface area contributed by atoms with Crippen molar-refractivity contribution in [2.24, 2.45) is 0 Å². The van der Waals surface area contributed by atoms with Crippen LogP contribution in [-0.2, 0) is 6.54 Å². The zero-order valence-electron chi connectivity index (χ0n) is 15.1. The second kappa shape index (κ2) is 6.94. The number of rotatable bonds is 4. The van der Waals surface area contributed by atoms with E-state index in [1.807, 2.05) is 24.3 Å². The van der Waals surface area contributed by atoms with E-state index in [1.54, 1.807) is 35.4 Å². The molecule has 0 aliphatic heterocycles. The number of anilines is 2. The van der Waals surface area contributed by atoms with Crippen LogP contribution in [0.15, 0.2) is 61.1 Å².